The van der Waals surface area contributed by atoms with Crippen LogP contribution >= 0.6 is 26.4 Å². The third kappa shape index (κ3) is 5.68. The number of nitrogen functional groups attached to an aromatic ring is 2. The van der Waals surface area contributed by atoms with Crippen LogP contribution in [0.3, 0.4) is 0 Å². The zero-order chi connectivity index (χ0) is 32.3. The molecule has 248 valence electrons. The van der Waals surface area contributed by atoms with Gasteiger partial charge in [0.1, 0.15) is 60.3 Å². The van der Waals surface area contributed by atoms with E-state index in [0.29, 0.717) is 0 Å². The van der Waals surface area contributed by atoms with Crippen LogP contribution in [0, 0.1) is 0 Å². The van der Waals surface area contributed by atoms with Crippen molar-refractivity contribution in [3.63, 3.8) is 0 Å². The van der Waals surface area contributed by atoms with Gasteiger partial charge >= 0.3 is 15.1 Å². The van der Waals surface area contributed by atoms with Crippen molar-refractivity contribution in [2.24, 2.45) is 0 Å². The normalized spacial score (nSPS) is 35.6. The molecule has 3 aliphatic heterocycles. The second kappa shape index (κ2) is 12.3. The molecule has 0 aromatic carbocycles. The first kappa shape index (κ1) is 31.8. The molecule has 4 aromatic rings. The first-order chi connectivity index (χ1) is 22.0. The molecule has 46 heavy (non-hydrogen) atoms. The van der Waals surface area contributed by atoms with Gasteiger partial charge in [-0.1, -0.05) is 13.8 Å². The molecule has 0 amide bonds. The smallest absolute Gasteiger partial charge is 0.387 e. The van der Waals surface area contributed by atoms with E-state index in [0.717, 1.165) is 11.4 Å². The summed E-state index contributed by atoms with van der Waals surface area (Å²) >= 11 is 0.895. The standard InChI is InChI=1S/C23H30N10O10P2S/c1-9(2)46-45(37)39-4-10-14(34)17(23(40-10)33-8-31-13-19(25)27-6-29-21(13)33)42-44(36)38-3-11-16(43-45)15(35)22(41-11)32-7-30-12-18(24)26-5-28-20(12)32/h5-11,14-17,22-23,34-35,44H,3-4H2,1-2H3,(H2,24,26,28)(H2,25,27,29)/t10-,11-,14-,15-,16-,17-,22-,23-,45?/m1/s1. The highest BCUT2D eigenvalue weighted by Gasteiger charge is 2.52. The van der Waals surface area contributed by atoms with Gasteiger partial charge < -0.3 is 35.7 Å². The van der Waals surface area contributed by atoms with Gasteiger partial charge in [0, 0.05) is 5.25 Å². The Morgan fingerprint density at radius 2 is 1.50 bits per heavy atom. The van der Waals surface area contributed by atoms with Gasteiger partial charge in [0.15, 0.2) is 35.4 Å². The predicted molar refractivity (Wildman–Crippen MR) is 160 cm³/mol. The molecule has 7 rings (SSSR count). The van der Waals surface area contributed by atoms with Crippen molar-refractivity contribution in [1.29, 1.82) is 0 Å². The van der Waals surface area contributed by atoms with Crippen LogP contribution in [-0.2, 0) is 36.7 Å². The molecule has 3 fully saturated rings. The quantitative estimate of drug-likeness (QED) is 0.214. The lowest BCUT2D eigenvalue weighted by Crippen LogP contribution is -2.36. The van der Waals surface area contributed by atoms with Gasteiger partial charge in [0.05, 0.1) is 25.9 Å². The number of nitrogens with zero attached hydrogens (tertiary/aromatic N) is 8. The predicted octanol–water partition coefficient (Wildman–Crippen LogP) is 0.804. The van der Waals surface area contributed by atoms with Crippen LogP contribution in [0.15, 0.2) is 25.3 Å². The molecule has 2 bridgehead atoms. The fourth-order valence-corrected chi connectivity index (χ4v) is 10.3. The van der Waals surface area contributed by atoms with Gasteiger partial charge in [-0.25, -0.2) is 34.5 Å². The van der Waals surface area contributed by atoms with Gasteiger partial charge in [0.25, 0.3) is 0 Å². The van der Waals surface area contributed by atoms with Crippen molar-refractivity contribution in [3.8, 4) is 0 Å². The molecule has 7 heterocycles. The van der Waals surface area contributed by atoms with Crippen LogP contribution in [0.5, 0.6) is 0 Å². The van der Waals surface area contributed by atoms with Crippen molar-refractivity contribution in [2.75, 3.05) is 24.7 Å². The van der Waals surface area contributed by atoms with E-state index in [2.05, 4.69) is 29.9 Å². The lowest BCUT2D eigenvalue weighted by atomic mass is 10.1. The second-order valence-electron chi connectivity index (χ2n) is 10.9. The number of aliphatic hydroxyl groups excluding tert-OH is 2. The first-order valence-electron chi connectivity index (χ1n) is 14.0. The summed E-state index contributed by atoms with van der Waals surface area (Å²) in [6, 6.07) is 0. The minimum Gasteiger partial charge on any atom is -0.387 e. The molecule has 0 radical (unpaired) electrons. The Labute approximate surface area is 264 Å². The summed E-state index contributed by atoms with van der Waals surface area (Å²) in [7, 11) is -3.36. The summed E-state index contributed by atoms with van der Waals surface area (Å²) in [6.45, 7) is -1.39. The number of fused-ring (bicyclic) bond motifs is 5. The van der Waals surface area contributed by atoms with Gasteiger partial charge in [-0.3, -0.25) is 27.3 Å². The lowest BCUT2D eigenvalue weighted by molar-refractivity contribution is -0.0570. The Bertz CT molecular complexity index is 1830. The number of hydrogen-bond acceptors (Lipinski definition) is 19. The molecular formula is C23H30N10O10P2S. The first-order valence-corrected chi connectivity index (χ1v) is 18.3. The molecular weight excluding hydrogens is 670 g/mol. The third-order valence-electron chi connectivity index (χ3n) is 7.53. The zero-order valence-corrected chi connectivity index (χ0v) is 26.9. The molecule has 0 spiro atoms. The highest BCUT2D eigenvalue weighted by molar-refractivity contribution is 8.55. The molecule has 20 nitrogen and oxygen atoms in total. The Morgan fingerprint density at radius 3 is 2.13 bits per heavy atom. The SMILES string of the molecule is CC(C)SP1(=O)OC[C@H]2O[C@@H](n3cnc4c(N)ncnc43)[C@H](O[PH](=O)OC[C@H]3O[C@@H](n4cnc5c(N)ncnc54)[C@H](O)[C@@H]3O1)[C@@H]2O. The maximum absolute atomic E-state index is 14.3. The van der Waals surface area contributed by atoms with E-state index in [1.807, 2.05) is 0 Å². The number of ether oxygens (including phenoxy) is 2. The summed E-state index contributed by atoms with van der Waals surface area (Å²) in [6.07, 6.45) is -4.76. The van der Waals surface area contributed by atoms with E-state index in [4.69, 9.17) is 39.0 Å². The van der Waals surface area contributed by atoms with Crippen molar-refractivity contribution in [3.05, 3.63) is 25.3 Å². The van der Waals surface area contributed by atoms with E-state index in [1.54, 1.807) is 13.8 Å². The molecule has 10 atom stereocenters. The van der Waals surface area contributed by atoms with Gasteiger partial charge in [-0.15, -0.1) is 0 Å². The lowest BCUT2D eigenvalue weighted by Gasteiger charge is -2.27. The highest BCUT2D eigenvalue weighted by atomic mass is 32.7. The largest absolute Gasteiger partial charge is 0.389 e. The minimum atomic E-state index is -4.11. The number of aliphatic hydroxyl groups is 2. The average Bonchev–Trinajstić information content (AvgIpc) is 3.77. The Balaban J connectivity index is 1.21. The third-order valence-corrected chi connectivity index (χ3v) is 12.7. The van der Waals surface area contributed by atoms with Crippen LogP contribution in [0.2, 0.25) is 0 Å². The van der Waals surface area contributed by atoms with Crippen molar-refractivity contribution in [1.82, 2.24) is 39.0 Å². The van der Waals surface area contributed by atoms with Crippen molar-refractivity contribution >= 4 is 60.4 Å². The Kier molecular flexibility index (Phi) is 8.52. The maximum atomic E-state index is 14.3. The average molecular weight is 701 g/mol. The maximum Gasteiger partial charge on any atom is 0.389 e. The molecule has 0 saturated carbocycles. The van der Waals surface area contributed by atoms with Crippen LogP contribution < -0.4 is 11.5 Å². The highest BCUT2D eigenvalue weighted by Crippen LogP contribution is 2.64. The fraction of sp³-hybridized carbons (Fsp3) is 0.565. The number of aromatic nitrogens is 8. The summed E-state index contributed by atoms with van der Waals surface area (Å²) in [5.74, 6) is 0.242. The van der Waals surface area contributed by atoms with Gasteiger partial charge in [-0.2, -0.15) is 0 Å². The van der Waals surface area contributed by atoms with Crippen LogP contribution in [0.25, 0.3) is 22.3 Å². The minimum absolute atomic E-state index is 0.119. The van der Waals surface area contributed by atoms with E-state index >= 15 is 0 Å². The Hall–Kier alpha value is -2.81. The Morgan fingerprint density at radius 1 is 0.891 bits per heavy atom. The van der Waals surface area contributed by atoms with E-state index < -0.39 is 77.3 Å². The number of nitrogens with two attached hydrogens (primary N) is 2. The summed E-state index contributed by atoms with van der Waals surface area (Å²) in [4.78, 5) is 24.7. The topological polar surface area (TPSA) is 269 Å². The number of hydrogen-bond donors (Lipinski definition) is 4. The molecule has 3 saturated heterocycles. The van der Waals surface area contributed by atoms with Gasteiger partial charge in [0.2, 0.25) is 0 Å². The fourth-order valence-electron chi connectivity index (χ4n) is 5.49. The van der Waals surface area contributed by atoms with Crippen LogP contribution in [0.1, 0.15) is 26.3 Å². The number of rotatable bonds is 4. The van der Waals surface area contributed by atoms with Crippen LogP contribution in [0.4, 0.5) is 11.6 Å². The second-order valence-corrected chi connectivity index (χ2v) is 16.4. The summed E-state index contributed by atoms with van der Waals surface area (Å²) < 4.78 is 65.8. The van der Waals surface area contributed by atoms with Crippen molar-refractivity contribution < 1.29 is 46.9 Å². The van der Waals surface area contributed by atoms with E-state index in [9.17, 15) is 19.3 Å². The van der Waals surface area contributed by atoms with E-state index in [-0.39, 0.29) is 39.2 Å². The van der Waals surface area contributed by atoms with E-state index in [1.165, 1.54) is 34.4 Å². The summed E-state index contributed by atoms with van der Waals surface area (Å²) in [5.41, 5.74) is 13.0. The van der Waals surface area contributed by atoms with Crippen LogP contribution in [-0.4, -0.2) is 104 Å². The molecule has 2 unspecified atom stereocenters. The molecule has 3 aliphatic rings. The number of imidazole rings is 2. The molecule has 6 N–H and O–H groups in total. The monoisotopic (exact) mass is 700 g/mol. The zero-order valence-electron chi connectivity index (χ0n) is 24.2. The van der Waals surface area contributed by atoms with Crippen molar-refractivity contribution in [2.45, 2.75) is 68.2 Å². The number of anilines is 2. The molecule has 4 aromatic heterocycles. The summed E-state index contributed by atoms with van der Waals surface area (Å²) in [5, 5.41) is 22.5. The molecule has 23 heteroatoms. The van der Waals surface area contributed by atoms with Gasteiger partial charge in [-0.05, 0) is 11.4 Å². The molecule has 0 aliphatic carbocycles.